The van der Waals surface area contributed by atoms with E-state index in [0.29, 0.717) is 5.75 Å². The monoisotopic (exact) mass is 292 g/mol. The van der Waals surface area contributed by atoms with Crippen molar-refractivity contribution in [2.75, 3.05) is 7.11 Å². The predicted octanol–water partition coefficient (Wildman–Crippen LogP) is 0.980. The molecule has 1 saturated heterocycles. The van der Waals surface area contributed by atoms with Crippen molar-refractivity contribution in [2.45, 2.75) is 25.4 Å². The number of urea groups is 1. The average Bonchev–Trinajstić information content (AvgIpc) is 2.73. The van der Waals surface area contributed by atoms with Crippen LogP contribution in [0.25, 0.3) is 0 Å². The van der Waals surface area contributed by atoms with Gasteiger partial charge in [0.1, 0.15) is 11.8 Å². The van der Waals surface area contributed by atoms with E-state index >= 15 is 0 Å². The van der Waals surface area contributed by atoms with Crippen LogP contribution in [0.2, 0.25) is 0 Å². The van der Waals surface area contributed by atoms with Crippen molar-refractivity contribution < 1.29 is 24.2 Å². The second kappa shape index (κ2) is 6.25. The Morgan fingerprint density at radius 2 is 2.00 bits per heavy atom. The Morgan fingerprint density at radius 3 is 2.57 bits per heavy atom. The van der Waals surface area contributed by atoms with Crippen molar-refractivity contribution in [3.63, 3.8) is 0 Å². The molecule has 0 saturated carbocycles. The van der Waals surface area contributed by atoms with Crippen LogP contribution in [-0.4, -0.2) is 41.1 Å². The van der Waals surface area contributed by atoms with Gasteiger partial charge in [-0.25, -0.2) is 4.79 Å². The number of amides is 3. The van der Waals surface area contributed by atoms with Crippen molar-refractivity contribution in [1.82, 2.24) is 10.2 Å². The highest BCUT2D eigenvalue weighted by atomic mass is 16.5. The number of carbonyl (C=O) groups is 3. The molecular formula is C14H16N2O5. The molecule has 3 amide bonds. The molecular weight excluding hydrogens is 276 g/mol. The van der Waals surface area contributed by atoms with Gasteiger partial charge >= 0.3 is 12.0 Å². The van der Waals surface area contributed by atoms with Crippen LogP contribution < -0.4 is 10.1 Å². The van der Waals surface area contributed by atoms with Crippen molar-refractivity contribution in [3.8, 4) is 5.75 Å². The van der Waals surface area contributed by atoms with E-state index in [-0.39, 0.29) is 19.4 Å². The summed E-state index contributed by atoms with van der Waals surface area (Å²) in [4.78, 5) is 35.5. The minimum Gasteiger partial charge on any atom is -0.497 e. The van der Waals surface area contributed by atoms with E-state index < -0.39 is 23.9 Å². The molecule has 112 valence electrons. The molecule has 0 aromatic heterocycles. The minimum absolute atomic E-state index is 0.0962. The minimum atomic E-state index is -0.995. The number of carbonyl (C=O) groups excluding carboxylic acids is 2. The fourth-order valence-electron chi connectivity index (χ4n) is 2.10. The third kappa shape index (κ3) is 3.50. The summed E-state index contributed by atoms with van der Waals surface area (Å²) in [5.74, 6) is -0.696. The van der Waals surface area contributed by atoms with Crippen molar-refractivity contribution in [1.29, 1.82) is 0 Å². The Kier molecular flexibility index (Phi) is 4.42. The maximum Gasteiger partial charge on any atom is 0.325 e. The lowest BCUT2D eigenvalue weighted by Gasteiger charge is -2.13. The molecule has 2 rings (SSSR count). The van der Waals surface area contributed by atoms with E-state index in [1.165, 1.54) is 0 Å². The van der Waals surface area contributed by atoms with Crippen LogP contribution in [-0.2, 0) is 16.1 Å². The van der Waals surface area contributed by atoms with Gasteiger partial charge in [-0.3, -0.25) is 14.5 Å². The van der Waals surface area contributed by atoms with Crippen LogP contribution in [0.1, 0.15) is 18.4 Å². The SMILES string of the molecule is COc1ccc(CN2C(=O)N[C@@H](CCC(=O)O)C2=O)cc1. The Labute approximate surface area is 121 Å². The zero-order valence-electron chi connectivity index (χ0n) is 11.5. The molecule has 1 fully saturated rings. The number of nitrogens with zero attached hydrogens (tertiary/aromatic N) is 1. The van der Waals surface area contributed by atoms with E-state index in [0.717, 1.165) is 10.5 Å². The van der Waals surface area contributed by atoms with Gasteiger partial charge in [0.25, 0.3) is 5.91 Å². The Morgan fingerprint density at radius 1 is 1.33 bits per heavy atom. The molecule has 1 heterocycles. The third-order valence-electron chi connectivity index (χ3n) is 3.25. The molecule has 1 atom stereocenters. The number of nitrogens with one attached hydrogen (secondary N) is 1. The Balaban J connectivity index is 2.00. The van der Waals surface area contributed by atoms with E-state index in [2.05, 4.69) is 5.32 Å². The highest BCUT2D eigenvalue weighted by Crippen LogP contribution is 2.17. The fourth-order valence-corrected chi connectivity index (χ4v) is 2.10. The Bertz CT molecular complexity index is 555. The summed E-state index contributed by atoms with van der Waals surface area (Å²) in [6, 6.07) is 5.78. The zero-order chi connectivity index (χ0) is 15.4. The highest BCUT2D eigenvalue weighted by Gasteiger charge is 2.37. The molecule has 2 N–H and O–H groups in total. The third-order valence-corrected chi connectivity index (χ3v) is 3.25. The number of benzene rings is 1. The van der Waals surface area contributed by atoms with Gasteiger partial charge in [0, 0.05) is 6.42 Å². The van der Waals surface area contributed by atoms with Crippen LogP contribution in [0.3, 0.4) is 0 Å². The molecule has 0 radical (unpaired) electrons. The van der Waals surface area contributed by atoms with Gasteiger partial charge in [-0.05, 0) is 24.1 Å². The standard InChI is InChI=1S/C14H16N2O5/c1-21-10-4-2-9(3-5-10)8-16-13(19)11(15-14(16)20)6-7-12(17)18/h2-5,11H,6-8H2,1H3,(H,15,20)(H,17,18)/t11-/m0/s1. The first-order valence-corrected chi connectivity index (χ1v) is 6.48. The molecule has 1 aliphatic heterocycles. The average molecular weight is 292 g/mol. The molecule has 1 aromatic carbocycles. The molecule has 0 aliphatic carbocycles. The first kappa shape index (κ1) is 14.8. The van der Waals surface area contributed by atoms with Crippen LogP contribution in [0.15, 0.2) is 24.3 Å². The number of hydrogen-bond donors (Lipinski definition) is 2. The number of carboxylic acids is 1. The summed E-state index contributed by atoms with van der Waals surface area (Å²) in [5, 5.41) is 11.1. The lowest BCUT2D eigenvalue weighted by atomic mass is 10.1. The topological polar surface area (TPSA) is 95.9 Å². The predicted molar refractivity (Wildman–Crippen MR) is 72.7 cm³/mol. The molecule has 7 heteroatoms. The van der Waals surface area contributed by atoms with Crippen molar-refractivity contribution >= 4 is 17.9 Å². The van der Waals surface area contributed by atoms with Gasteiger partial charge in [-0.2, -0.15) is 0 Å². The quantitative estimate of drug-likeness (QED) is 0.762. The smallest absolute Gasteiger partial charge is 0.325 e. The van der Waals surface area contributed by atoms with Crippen LogP contribution in [0, 0.1) is 0 Å². The van der Waals surface area contributed by atoms with Gasteiger partial charge in [-0.15, -0.1) is 0 Å². The second-order valence-electron chi connectivity index (χ2n) is 4.71. The first-order valence-electron chi connectivity index (χ1n) is 6.48. The van der Waals surface area contributed by atoms with E-state index in [1.807, 2.05) is 0 Å². The van der Waals surface area contributed by atoms with Gasteiger partial charge in [0.15, 0.2) is 0 Å². The normalized spacial score (nSPS) is 17.8. The second-order valence-corrected chi connectivity index (χ2v) is 4.71. The summed E-state index contributed by atoms with van der Waals surface area (Å²) in [6.07, 6.45) is -0.0634. The van der Waals surface area contributed by atoms with Gasteiger partial charge in [0.05, 0.1) is 13.7 Å². The molecule has 21 heavy (non-hydrogen) atoms. The van der Waals surface area contributed by atoms with Gasteiger partial charge < -0.3 is 15.2 Å². The van der Waals surface area contributed by atoms with E-state index in [1.54, 1.807) is 31.4 Å². The van der Waals surface area contributed by atoms with Crippen LogP contribution in [0.5, 0.6) is 5.75 Å². The summed E-state index contributed by atoms with van der Waals surface area (Å²) >= 11 is 0. The lowest BCUT2D eigenvalue weighted by molar-refractivity contribution is -0.137. The number of imide groups is 1. The van der Waals surface area contributed by atoms with Crippen molar-refractivity contribution in [2.24, 2.45) is 0 Å². The number of methoxy groups -OCH3 is 1. The maximum absolute atomic E-state index is 12.1. The zero-order valence-corrected chi connectivity index (χ0v) is 11.5. The molecule has 1 aromatic rings. The Hall–Kier alpha value is -2.57. The van der Waals surface area contributed by atoms with Crippen molar-refractivity contribution in [3.05, 3.63) is 29.8 Å². The molecule has 0 spiro atoms. The van der Waals surface area contributed by atoms with Crippen LogP contribution >= 0.6 is 0 Å². The van der Waals surface area contributed by atoms with Crippen LogP contribution in [0.4, 0.5) is 4.79 Å². The van der Waals surface area contributed by atoms with Gasteiger partial charge in [-0.1, -0.05) is 12.1 Å². The number of aliphatic carboxylic acids is 1. The summed E-state index contributed by atoms with van der Waals surface area (Å²) in [5.41, 5.74) is 0.790. The maximum atomic E-state index is 12.1. The summed E-state index contributed by atoms with van der Waals surface area (Å²) < 4.78 is 5.04. The fraction of sp³-hybridized carbons (Fsp3) is 0.357. The first-order chi connectivity index (χ1) is 10.0. The van der Waals surface area contributed by atoms with E-state index in [4.69, 9.17) is 9.84 Å². The summed E-state index contributed by atoms with van der Waals surface area (Å²) in [6.45, 7) is 0.151. The molecule has 1 aliphatic rings. The number of rotatable bonds is 6. The number of ether oxygens (including phenoxy) is 1. The largest absolute Gasteiger partial charge is 0.497 e. The summed E-state index contributed by atoms with van der Waals surface area (Å²) in [7, 11) is 1.56. The molecule has 0 unspecified atom stereocenters. The molecule has 7 nitrogen and oxygen atoms in total. The number of hydrogen-bond acceptors (Lipinski definition) is 4. The highest BCUT2D eigenvalue weighted by molar-refractivity contribution is 6.04. The molecule has 0 bridgehead atoms. The van der Waals surface area contributed by atoms with E-state index in [9.17, 15) is 14.4 Å². The van der Waals surface area contributed by atoms with Gasteiger partial charge in [0.2, 0.25) is 0 Å². The number of carboxylic acid groups (broad SMARTS) is 1. The lowest BCUT2D eigenvalue weighted by Crippen LogP contribution is -2.31.